The van der Waals surface area contributed by atoms with Crippen LogP contribution in [0, 0.1) is 18.8 Å². The SMILES string of the molecule is Cc1ccc(C#Cc2ccc(OCC(=O)OC(C)(C)C)cc2)cc1. The third kappa shape index (κ3) is 6.18. The Bertz CT molecular complexity index is 739. The maximum Gasteiger partial charge on any atom is 0.344 e. The van der Waals surface area contributed by atoms with Crippen LogP contribution < -0.4 is 4.74 Å². The molecule has 0 radical (unpaired) electrons. The molecule has 0 bridgehead atoms. The summed E-state index contributed by atoms with van der Waals surface area (Å²) in [6.07, 6.45) is 0. The van der Waals surface area contributed by atoms with Crippen molar-refractivity contribution >= 4 is 5.97 Å². The predicted molar refractivity (Wildman–Crippen MR) is 94.9 cm³/mol. The standard InChI is InChI=1S/C21H22O3/c1-16-5-7-17(8-6-16)9-10-18-11-13-19(14-12-18)23-15-20(22)24-21(2,3)4/h5-8,11-14H,15H2,1-4H3. The van der Waals surface area contributed by atoms with E-state index in [1.807, 2.05) is 64.1 Å². The van der Waals surface area contributed by atoms with Gasteiger partial charge in [-0.1, -0.05) is 29.5 Å². The van der Waals surface area contributed by atoms with Gasteiger partial charge in [-0.05, 0) is 64.1 Å². The molecule has 3 nitrogen and oxygen atoms in total. The van der Waals surface area contributed by atoms with Crippen LogP contribution in [0.25, 0.3) is 0 Å². The Morgan fingerprint density at radius 2 is 1.42 bits per heavy atom. The van der Waals surface area contributed by atoms with E-state index in [9.17, 15) is 4.79 Å². The van der Waals surface area contributed by atoms with E-state index in [2.05, 4.69) is 11.8 Å². The molecule has 0 saturated heterocycles. The number of hydrogen-bond acceptors (Lipinski definition) is 3. The highest BCUT2D eigenvalue weighted by Gasteiger charge is 2.16. The second-order valence-corrected chi connectivity index (χ2v) is 6.52. The van der Waals surface area contributed by atoms with E-state index in [0.717, 1.165) is 11.1 Å². The van der Waals surface area contributed by atoms with Gasteiger partial charge in [-0.25, -0.2) is 4.79 Å². The Kier molecular flexibility index (Phi) is 5.65. The van der Waals surface area contributed by atoms with E-state index >= 15 is 0 Å². The zero-order valence-corrected chi connectivity index (χ0v) is 14.6. The van der Waals surface area contributed by atoms with Crippen molar-refractivity contribution in [2.45, 2.75) is 33.3 Å². The molecule has 0 fully saturated rings. The molecule has 0 aliphatic heterocycles. The first-order valence-electron chi connectivity index (χ1n) is 7.85. The summed E-state index contributed by atoms with van der Waals surface area (Å²) in [6, 6.07) is 15.4. The fourth-order valence-corrected chi connectivity index (χ4v) is 1.93. The summed E-state index contributed by atoms with van der Waals surface area (Å²) in [5.74, 6) is 6.45. The number of carbonyl (C=O) groups is 1. The van der Waals surface area contributed by atoms with Crippen LogP contribution in [0.4, 0.5) is 0 Å². The summed E-state index contributed by atoms with van der Waals surface area (Å²) in [7, 11) is 0. The maximum absolute atomic E-state index is 11.6. The second kappa shape index (κ2) is 7.70. The van der Waals surface area contributed by atoms with Crippen molar-refractivity contribution in [1.29, 1.82) is 0 Å². The molecular weight excluding hydrogens is 300 g/mol. The molecule has 0 aromatic heterocycles. The summed E-state index contributed by atoms with van der Waals surface area (Å²) < 4.78 is 10.6. The minimum absolute atomic E-state index is 0.105. The number of ether oxygens (including phenoxy) is 2. The van der Waals surface area contributed by atoms with Crippen molar-refractivity contribution in [1.82, 2.24) is 0 Å². The fraction of sp³-hybridized carbons (Fsp3) is 0.286. The van der Waals surface area contributed by atoms with Gasteiger partial charge in [0.1, 0.15) is 11.4 Å². The van der Waals surface area contributed by atoms with Crippen LogP contribution in [-0.4, -0.2) is 18.2 Å². The van der Waals surface area contributed by atoms with Gasteiger partial charge < -0.3 is 9.47 Å². The summed E-state index contributed by atoms with van der Waals surface area (Å²) in [5.41, 5.74) is 2.58. The monoisotopic (exact) mass is 322 g/mol. The smallest absolute Gasteiger partial charge is 0.344 e. The van der Waals surface area contributed by atoms with Gasteiger partial charge in [0, 0.05) is 11.1 Å². The first-order chi connectivity index (χ1) is 11.3. The lowest BCUT2D eigenvalue weighted by Crippen LogP contribution is -2.27. The first-order valence-corrected chi connectivity index (χ1v) is 7.85. The first kappa shape index (κ1) is 17.6. The molecule has 24 heavy (non-hydrogen) atoms. The molecule has 0 heterocycles. The molecular formula is C21H22O3. The topological polar surface area (TPSA) is 35.5 Å². The van der Waals surface area contributed by atoms with Crippen molar-refractivity contribution in [2.24, 2.45) is 0 Å². The van der Waals surface area contributed by atoms with E-state index in [1.54, 1.807) is 12.1 Å². The molecule has 0 N–H and O–H groups in total. The summed E-state index contributed by atoms with van der Waals surface area (Å²) in [4.78, 5) is 11.6. The zero-order chi connectivity index (χ0) is 17.6. The van der Waals surface area contributed by atoms with Gasteiger partial charge in [0.2, 0.25) is 0 Å². The van der Waals surface area contributed by atoms with E-state index in [0.29, 0.717) is 5.75 Å². The van der Waals surface area contributed by atoms with Crippen LogP contribution in [0.2, 0.25) is 0 Å². The largest absolute Gasteiger partial charge is 0.482 e. The average molecular weight is 322 g/mol. The van der Waals surface area contributed by atoms with E-state index in [4.69, 9.17) is 9.47 Å². The number of carbonyl (C=O) groups excluding carboxylic acids is 1. The molecule has 0 unspecified atom stereocenters. The molecule has 0 atom stereocenters. The number of benzene rings is 2. The van der Waals surface area contributed by atoms with Crippen LogP contribution in [0.15, 0.2) is 48.5 Å². The molecule has 0 amide bonds. The Morgan fingerprint density at radius 1 is 0.917 bits per heavy atom. The van der Waals surface area contributed by atoms with Crippen molar-refractivity contribution in [3.63, 3.8) is 0 Å². The van der Waals surface area contributed by atoms with Gasteiger partial charge in [0.15, 0.2) is 6.61 Å². The van der Waals surface area contributed by atoms with Crippen LogP contribution in [-0.2, 0) is 9.53 Å². The second-order valence-electron chi connectivity index (χ2n) is 6.52. The van der Waals surface area contributed by atoms with Gasteiger partial charge >= 0.3 is 5.97 Å². The van der Waals surface area contributed by atoms with E-state index in [-0.39, 0.29) is 12.6 Å². The van der Waals surface area contributed by atoms with Gasteiger partial charge in [0.25, 0.3) is 0 Å². The van der Waals surface area contributed by atoms with Crippen LogP contribution in [0.3, 0.4) is 0 Å². The van der Waals surface area contributed by atoms with Crippen LogP contribution in [0.1, 0.15) is 37.5 Å². The summed E-state index contributed by atoms with van der Waals surface area (Å²) in [6.45, 7) is 7.42. The maximum atomic E-state index is 11.6. The minimum Gasteiger partial charge on any atom is -0.482 e. The number of esters is 1. The van der Waals surface area contributed by atoms with E-state index in [1.165, 1.54) is 5.56 Å². The van der Waals surface area contributed by atoms with Gasteiger partial charge in [-0.2, -0.15) is 0 Å². The quantitative estimate of drug-likeness (QED) is 0.630. The lowest BCUT2D eigenvalue weighted by molar-refractivity contribution is -0.157. The van der Waals surface area contributed by atoms with E-state index < -0.39 is 5.60 Å². The zero-order valence-electron chi connectivity index (χ0n) is 14.6. The van der Waals surface area contributed by atoms with Crippen molar-refractivity contribution in [2.75, 3.05) is 6.61 Å². The van der Waals surface area contributed by atoms with Gasteiger partial charge in [-0.3, -0.25) is 0 Å². The van der Waals surface area contributed by atoms with Gasteiger partial charge in [-0.15, -0.1) is 0 Å². The van der Waals surface area contributed by atoms with Crippen molar-refractivity contribution in [3.05, 3.63) is 65.2 Å². The molecule has 0 aliphatic carbocycles. The third-order valence-corrected chi connectivity index (χ3v) is 3.03. The fourth-order valence-electron chi connectivity index (χ4n) is 1.93. The van der Waals surface area contributed by atoms with Crippen LogP contribution in [0.5, 0.6) is 5.75 Å². The highest BCUT2D eigenvalue weighted by molar-refractivity contribution is 5.71. The Morgan fingerprint density at radius 3 is 1.92 bits per heavy atom. The molecule has 2 aromatic carbocycles. The summed E-state index contributed by atoms with van der Waals surface area (Å²) >= 11 is 0. The molecule has 124 valence electrons. The lowest BCUT2D eigenvalue weighted by Gasteiger charge is -2.19. The normalized spacial score (nSPS) is 10.5. The Hall–Kier alpha value is -2.73. The minimum atomic E-state index is -0.504. The lowest BCUT2D eigenvalue weighted by atomic mass is 10.1. The molecule has 2 aromatic rings. The predicted octanol–water partition coefficient (Wildman–Crippen LogP) is 4.12. The Labute approximate surface area is 143 Å². The highest BCUT2D eigenvalue weighted by Crippen LogP contribution is 2.13. The Balaban J connectivity index is 1.91. The summed E-state index contributed by atoms with van der Waals surface area (Å²) in [5, 5.41) is 0. The molecule has 3 heteroatoms. The number of hydrogen-bond donors (Lipinski definition) is 0. The van der Waals surface area contributed by atoms with Gasteiger partial charge in [0.05, 0.1) is 0 Å². The highest BCUT2D eigenvalue weighted by atomic mass is 16.6. The molecule has 2 rings (SSSR count). The van der Waals surface area contributed by atoms with Crippen molar-refractivity contribution < 1.29 is 14.3 Å². The van der Waals surface area contributed by atoms with Crippen molar-refractivity contribution in [3.8, 4) is 17.6 Å². The number of rotatable bonds is 3. The molecule has 0 aliphatic rings. The average Bonchev–Trinajstić information content (AvgIpc) is 2.52. The molecule has 0 spiro atoms. The third-order valence-electron chi connectivity index (χ3n) is 3.03. The van der Waals surface area contributed by atoms with Crippen LogP contribution >= 0.6 is 0 Å². The number of aryl methyl sites for hydroxylation is 1. The molecule has 0 saturated carbocycles.